The molecular formula is C11H12ClFN2O2. The maximum absolute atomic E-state index is 12.9. The van der Waals surface area contributed by atoms with Gasteiger partial charge in [0, 0.05) is 13.6 Å². The number of nitrogens with zero attached hydrogens (tertiary/aromatic N) is 1. The van der Waals surface area contributed by atoms with Gasteiger partial charge in [0.25, 0.3) is 0 Å². The van der Waals surface area contributed by atoms with Crippen LogP contribution in [0.25, 0.3) is 0 Å². The quantitative estimate of drug-likeness (QED) is 0.840. The fraction of sp³-hybridized carbons (Fsp3) is 0.273. The van der Waals surface area contributed by atoms with E-state index >= 15 is 0 Å². The molecule has 1 aromatic rings. The zero-order valence-electron chi connectivity index (χ0n) is 9.24. The monoisotopic (exact) mass is 258 g/mol. The normalized spacial score (nSPS) is 9.82. The fourth-order valence-electron chi connectivity index (χ4n) is 1.23. The van der Waals surface area contributed by atoms with Crippen molar-refractivity contribution in [1.29, 1.82) is 0 Å². The highest BCUT2D eigenvalue weighted by atomic mass is 35.5. The molecule has 0 fully saturated rings. The smallest absolute Gasteiger partial charge is 0.323 e. The van der Waals surface area contributed by atoms with Gasteiger partial charge in [0.15, 0.2) is 0 Å². The van der Waals surface area contributed by atoms with Crippen LogP contribution in [0.5, 0.6) is 0 Å². The third kappa shape index (κ3) is 4.40. The van der Waals surface area contributed by atoms with E-state index in [0.717, 1.165) is 0 Å². The molecule has 0 unspecified atom stereocenters. The van der Waals surface area contributed by atoms with Crippen LogP contribution in [-0.2, 0) is 11.3 Å². The SMILES string of the molecule is CN(Cc1cccc(F)c1)C(=O)NC(=O)CCl. The van der Waals surface area contributed by atoms with Gasteiger partial charge >= 0.3 is 6.03 Å². The Morgan fingerprint density at radius 3 is 2.76 bits per heavy atom. The van der Waals surface area contributed by atoms with Crippen molar-refractivity contribution < 1.29 is 14.0 Å². The second-order valence-electron chi connectivity index (χ2n) is 3.47. The Morgan fingerprint density at radius 2 is 2.18 bits per heavy atom. The number of hydrogen-bond acceptors (Lipinski definition) is 2. The number of urea groups is 1. The van der Waals surface area contributed by atoms with Crippen molar-refractivity contribution in [2.24, 2.45) is 0 Å². The maximum atomic E-state index is 12.9. The van der Waals surface area contributed by atoms with Gasteiger partial charge in [-0.05, 0) is 17.7 Å². The van der Waals surface area contributed by atoms with Crippen LogP contribution in [0.1, 0.15) is 5.56 Å². The number of halogens is 2. The average Bonchev–Trinajstić information content (AvgIpc) is 2.28. The molecule has 1 rings (SSSR count). The van der Waals surface area contributed by atoms with E-state index in [1.54, 1.807) is 12.1 Å². The molecular weight excluding hydrogens is 247 g/mol. The molecule has 0 spiro atoms. The number of amides is 3. The first-order valence-corrected chi connectivity index (χ1v) is 5.41. The Kier molecular flexibility index (Phi) is 4.90. The van der Waals surface area contributed by atoms with Gasteiger partial charge in [-0.2, -0.15) is 0 Å². The lowest BCUT2D eigenvalue weighted by Crippen LogP contribution is -2.40. The molecule has 17 heavy (non-hydrogen) atoms. The van der Waals surface area contributed by atoms with Crippen LogP contribution in [0.15, 0.2) is 24.3 Å². The summed E-state index contributed by atoms with van der Waals surface area (Å²) in [4.78, 5) is 23.6. The van der Waals surface area contributed by atoms with E-state index in [1.165, 1.54) is 24.1 Å². The summed E-state index contributed by atoms with van der Waals surface area (Å²) < 4.78 is 12.9. The molecule has 6 heteroatoms. The lowest BCUT2D eigenvalue weighted by molar-refractivity contribution is -0.117. The summed E-state index contributed by atoms with van der Waals surface area (Å²) in [6, 6.07) is 5.32. The second-order valence-corrected chi connectivity index (χ2v) is 3.74. The van der Waals surface area contributed by atoms with Crippen molar-refractivity contribution in [3.05, 3.63) is 35.6 Å². The van der Waals surface area contributed by atoms with Gasteiger partial charge in [0.1, 0.15) is 11.7 Å². The fourth-order valence-corrected chi connectivity index (χ4v) is 1.30. The predicted octanol–water partition coefficient (Wildman–Crippen LogP) is 1.73. The third-order valence-electron chi connectivity index (χ3n) is 2.02. The molecule has 0 aliphatic heterocycles. The van der Waals surface area contributed by atoms with Crippen LogP contribution < -0.4 is 5.32 Å². The van der Waals surface area contributed by atoms with E-state index < -0.39 is 11.9 Å². The average molecular weight is 259 g/mol. The Balaban J connectivity index is 2.57. The Hall–Kier alpha value is -1.62. The Morgan fingerprint density at radius 1 is 1.47 bits per heavy atom. The number of hydrogen-bond donors (Lipinski definition) is 1. The van der Waals surface area contributed by atoms with Crippen molar-refractivity contribution >= 4 is 23.5 Å². The number of benzene rings is 1. The van der Waals surface area contributed by atoms with Crippen LogP contribution >= 0.6 is 11.6 Å². The molecule has 4 nitrogen and oxygen atoms in total. The lowest BCUT2D eigenvalue weighted by atomic mass is 10.2. The van der Waals surface area contributed by atoms with Gasteiger partial charge in [-0.25, -0.2) is 9.18 Å². The minimum Gasteiger partial charge on any atom is -0.323 e. The molecule has 0 aromatic heterocycles. The summed E-state index contributed by atoms with van der Waals surface area (Å²) in [6.45, 7) is 0.207. The lowest BCUT2D eigenvalue weighted by Gasteiger charge is -2.17. The van der Waals surface area contributed by atoms with Gasteiger partial charge in [-0.3, -0.25) is 10.1 Å². The summed E-state index contributed by atoms with van der Waals surface area (Å²) in [6.07, 6.45) is 0. The van der Waals surface area contributed by atoms with Crippen molar-refractivity contribution in [2.45, 2.75) is 6.54 Å². The topological polar surface area (TPSA) is 49.4 Å². The minimum atomic E-state index is -0.570. The van der Waals surface area contributed by atoms with Crippen molar-refractivity contribution in [1.82, 2.24) is 10.2 Å². The van der Waals surface area contributed by atoms with E-state index in [-0.39, 0.29) is 18.2 Å². The highest BCUT2D eigenvalue weighted by Gasteiger charge is 2.12. The van der Waals surface area contributed by atoms with E-state index in [4.69, 9.17) is 11.6 Å². The molecule has 0 aliphatic rings. The number of rotatable bonds is 3. The Labute approximate surface area is 103 Å². The molecule has 0 heterocycles. The van der Waals surface area contributed by atoms with Crippen LogP contribution in [0, 0.1) is 5.82 Å². The van der Waals surface area contributed by atoms with Crippen LogP contribution in [0.4, 0.5) is 9.18 Å². The van der Waals surface area contributed by atoms with Gasteiger partial charge in [-0.15, -0.1) is 11.6 Å². The highest BCUT2D eigenvalue weighted by molar-refractivity contribution is 6.28. The zero-order valence-corrected chi connectivity index (χ0v) is 10.00. The summed E-state index contributed by atoms with van der Waals surface area (Å²) in [5.74, 6) is -1.21. The Bertz CT molecular complexity index is 426. The van der Waals surface area contributed by atoms with E-state index in [0.29, 0.717) is 5.56 Å². The van der Waals surface area contributed by atoms with Gasteiger partial charge in [0.05, 0.1) is 0 Å². The molecule has 0 saturated carbocycles. The van der Waals surface area contributed by atoms with Gasteiger partial charge < -0.3 is 4.90 Å². The number of carbonyl (C=O) groups is 2. The number of alkyl halides is 1. The predicted molar refractivity (Wildman–Crippen MR) is 62.1 cm³/mol. The highest BCUT2D eigenvalue weighted by Crippen LogP contribution is 2.06. The van der Waals surface area contributed by atoms with Gasteiger partial charge in [-0.1, -0.05) is 12.1 Å². The van der Waals surface area contributed by atoms with Crippen LogP contribution in [-0.4, -0.2) is 29.8 Å². The first-order valence-electron chi connectivity index (χ1n) is 4.88. The summed E-state index contributed by atoms with van der Waals surface area (Å²) in [5, 5.41) is 2.09. The molecule has 1 aromatic carbocycles. The van der Waals surface area contributed by atoms with E-state index in [9.17, 15) is 14.0 Å². The molecule has 0 aliphatic carbocycles. The molecule has 92 valence electrons. The van der Waals surface area contributed by atoms with E-state index in [1.807, 2.05) is 0 Å². The van der Waals surface area contributed by atoms with Crippen molar-refractivity contribution in [3.8, 4) is 0 Å². The van der Waals surface area contributed by atoms with E-state index in [2.05, 4.69) is 5.32 Å². The first kappa shape index (κ1) is 13.4. The molecule has 3 amide bonds. The minimum absolute atomic E-state index is 0.207. The third-order valence-corrected chi connectivity index (χ3v) is 2.27. The molecule has 0 saturated heterocycles. The number of nitrogens with one attached hydrogen (secondary N) is 1. The number of imide groups is 1. The second kappa shape index (κ2) is 6.20. The summed E-state index contributed by atoms with van der Waals surface area (Å²) >= 11 is 5.25. The van der Waals surface area contributed by atoms with Crippen molar-refractivity contribution in [3.63, 3.8) is 0 Å². The summed E-state index contributed by atoms with van der Waals surface area (Å²) in [5.41, 5.74) is 0.640. The summed E-state index contributed by atoms with van der Waals surface area (Å²) in [7, 11) is 1.50. The molecule has 0 atom stereocenters. The van der Waals surface area contributed by atoms with Crippen LogP contribution in [0.2, 0.25) is 0 Å². The standard InChI is InChI=1S/C11H12ClFN2O2/c1-15(11(17)14-10(16)6-12)7-8-3-2-4-9(13)5-8/h2-5H,6-7H2,1H3,(H,14,16,17). The first-order chi connectivity index (χ1) is 8.02. The zero-order chi connectivity index (χ0) is 12.8. The maximum Gasteiger partial charge on any atom is 0.324 e. The number of carbonyl (C=O) groups excluding carboxylic acids is 2. The largest absolute Gasteiger partial charge is 0.324 e. The molecule has 0 radical (unpaired) electrons. The molecule has 0 bridgehead atoms. The molecule has 1 N–H and O–H groups in total. The van der Waals surface area contributed by atoms with Gasteiger partial charge in [0.2, 0.25) is 5.91 Å². The van der Waals surface area contributed by atoms with Crippen LogP contribution in [0.3, 0.4) is 0 Å². The van der Waals surface area contributed by atoms with Crippen molar-refractivity contribution in [2.75, 3.05) is 12.9 Å².